The Hall–Kier alpha value is -13.1. The standard InChI is InChI=1S/C15H9N2.2C14H10N.2C10H8N.5C9H8BN2.5Ir/c1-2-7-13-11(5-1)12-6-3-4-8-14(12)17-10-9-16-15(13)17;2*1-2-6-11(7-3-1)14-10-12-8-4-5-9-13(12)15-14;2*1-2-5-9(6-3-1)10-7-4-8-11-10;5*1-3-7-11-9(5-1)10-6-2-4-8-12-10;;;;;/h1-6,8-10H;2*1-6,8-9H,10H2;2*1-5,8H,7H2;5*1-8H;;;;;/q10*-1;;;;;. The average molecular weight is 2620 g/mol. The minimum atomic E-state index is 0. The van der Waals surface area contributed by atoms with Crippen LogP contribution < -0.4 is 28.0 Å². The van der Waals surface area contributed by atoms with E-state index in [9.17, 15) is 0 Å². The molecule has 0 fully saturated rings. The topological polar surface area (TPSA) is 202 Å². The first-order valence-corrected chi connectivity index (χ1v) is 42.6. The molecule has 24 rings (SSSR count). The van der Waals surface area contributed by atoms with Crippen LogP contribution in [0.2, 0.25) is 0 Å². The maximum atomic E-state index is 4.61. The number of hydrogen-bond acceptors (Lipinski definition) is 10. The number of pyridine rings is 6. The fraction of sp³-hybridized carbons (Fsp3) is 0.0370. The number of fused-ring (bicyclic) bond motifs is 8. The molecule has 0 unspecified atom stereocenters. The van der Waals surface area contributed by atoms with E-state index in [1.165, 1.54) is 27.4 Å². The van der Waals surface area contributed by atoms with E-state index < -0.39 is 0 Å². The molecule has 0 aliphatic carbocycles. The van der Waals surface area contributed by atoms with Gasteiger partial charge in [0.2, 0.25) is 0 Å². The third-order valence-corrected chi connectivity index (χ3v) is 20.4. The Labute approximate surface area is 854 Å². The van der Waals surface area contributed by atoms with E-state index >= 15 is 0 Å². The summed E-state index contributed by atoms with van der Waals surface area (Å²) in [6.45, 7) is 0.538. The summed E-state index contributed by atoms with van der Waals surface area (Å²) in [6, 6.07) is 108. The van der Waals surface area contributed by atoms with E-state index in [0.717, 1.165) is 121 Å². The fourth-order valence-corrected chi connectivity index (χ4v) is 14.1. The predicted octanol–water partition coefficient (Wildman–Crippen LogP) is 20.5. The maximum absolute atomic E-state index is 4.61. The van der Waals surface area contributed by atoms with Gasteiger partial charge in [-0.25, -0.2) is 0 Å². The molecule has 134 heavy (non-hydrogen) atoms. The number of aromatic nitrogens is 7. The Kier molecular flexibility index (Phi) is 44.0. The molecule has 0 saturated heterocycles. The molecular weight excluding hydrogens is 2540 g/mol. The zero-order chi connectivity index (χ0) is 87.6. The summed E-state index contributed by atoms with van der Waals surface area (Å²) in [6.07, 6.45) is 52.9. The Morgan fingerprint density at radius 2 is 0.590 bits per heavy atom. The van der Waals surface area contributed by atoms with Crippen molar-refractivity contribution in [1.29, 1.82) is 0 Å². The van der Waals surface area contributed by atoms with Crippen molar-refractivity contribution in [2.45, 2.75) is 25.7 Å². The third-order valence-electron chi connectivity index (χ3n) is 20.4. The molecule has 9 aliphatic rings. The molecule has 16 nitrogen and oxygen atoms in total. The molecule has 9 aliphatic heterocycles. The molecule has 0 N–H and O–H groups in total. The minimum Gasteiger partial charge on any atom is -0.704 e. The van der Waals surface area contributed by atoms with Crippen molar-refractivity contribution in [3.8, 4) is 0 Å². The number of benzene rings is 8. The molecule has 5 radical (unpaired) electrons. The quantitative estimate of drug-likeness (QED) is 0.0781. The third kappa shape index (κ3) is 31.0. The van der Waals surface area contributed by atoms with Gasteiger partial charge in [0.25, 0.3) is 0 Å². The van der Waals surface area contributed by atoms with Crippen LogP contribution in [0.5, 0.6) is 0 Å². The van der Waals surface area contributed by atoms with E-state index in [1.807, 2.05) is 316 Å². The molecule has 8 aromatic carbocycles. The molecule has 0 atom stereocenters. The van der Waals surface area contributed by atoms with E-state index in [4.69, 9.17) is 0 Å². The van der Waals surface area contributed by atoms with Gasteiger partial charge in [0, 0.05) is 162 Å². The summed E-state index contributed by atoms with van der Waals surface area (Å²) in [7, 11) is 0. The van der Waals surface area contributed by atoms with Gasteiger partial charge >= 0.3 is 0 Å². The fourth-order valence-electron chi connectivity index (χ4n) is 14.1. The van der Waals surface area contributed by atoms with Gasteiger partial charge in [0.1, 0.15) is 34.2 Å². The summed E-state index contributed by atoms with van der Waals surface area (Å²) in [5.41, 5.74) is 20.9. The van der Waals surface area contributed by atoms with Crippen molar-refractivity contribution >= 4 is 124 Å². The zero-order valence-corrected chi connectivity index (χ0v) is 84.5. The van der Waals surface area contributed by atoms with Crippen LogP contribution in [0.1, 0.15) is 46.2 Å². The molecule has 26 heteroatoms. The first-order chi connectivity index (χ1) is 64.1. The van der Waals surface area contributed by atoms with Crippen LogP contribution in [0.15, 0.2) is 489 Å². The first-order valence-electron chi connectivity index (χ1n) is 42.6. The number of hydrogen-bond donors (Lipinski definition) is 0. The van der Waals surface area contributed by atoms with Crippen LogP contribution >= 0.6 is 0 Å². The molecule has 0 amide bonds. The molecular formula is C108H85B5Ir5N16-10. The van der Waals surface area contributed by atoms with Gasteiger partial charge in [-0.05, 0) is 142 Å². The van der Waals surface area contributed by atoms with E-state index in [2.05, 4.69) is 202 Å². The van der Waals surface area contributed by atoms with Gasteiger partial charge in [-0.1, -0.05) is 194 Å². The summed E-state index contributed by atoms with van der Waals surface area (Å²) in [4.78, 5) is 43.2. The van der Waals surface area contributed by atoms with E-state index in [0.29, 0.717) is 0 Å². The second-order valence-electron chi connectivity index (χ2n) is 29.1. The minimum absolute atomic E-state index is 0. The van der Waals surface area contributed by atoms with Crippen molar-refractivity contribution in [2.75, 3.05) is 0 Å². The monoisotopic (exact) mass is 2630 g/mol. The van der Waals surface area contributed by atoms with Gasteiger partial charge in [-0.15, -0.1) is 203 Å². The van der Waals surface area contributed by atoms with Crippen LogP contribution in [0.3, 0.4) is 0 Å². The number of imidazole rings is 1. The van der Waals surface area contributed by atoms with E-state index in [-0.39, 0.29) is 135 Å². The van der Waals surface area contributed by atoms with Crippen LogP contribution in [0.4, 0.5) is 11.4 Å². The molecule has 0 bridgehead atoms. The van der Waals surface area contributed by atoms with Crippen LogP contribution in [-0.2, 0) is 113 Å². The Morgan fingerprint density at radius 3 is 0.896 bits per heavy atom. The first kappa shape index (κ1) is 103. The predicted molar refractivity (Wildman–Crippen MR) is 540 cm³/mol. The molecule has 667 valence electrons. The Balaban J connectivity index is 0.000000154. The number of nitrogens with zero attached hydrogens (tertiary/aromatic N) is 16. The smallest absolute Gasteiger partial charge is 0.120 e. The summed E-state index contributed by atoms with van der Waals surface area (Å²) in [5.74, 6) is 10.2. The number of aliphatic imine (C=N–C) groups is 4. The Morgan fingerprint density at radius 1 is 0.276 bits per heavy atom. The number of para-hydroxylation sites is 3. The molecule has 7 aromatic heterocycles. The van der Waals surface area contributed by atoms with Gasteiger partial charge in [0.05, 0.1) is 17.0 Å². The summed E-state index contributed by atoms with van der Waals surface area (Å²) >= 11 is 0. The number of rotatable bonds is 9. The van der Waals surface area contributed by atoms with E-state index in [1.54, 1.807) is 62.0 Å². The molecule has 16 heterocycles. The van der Waals surface area contributed by atoms with Crippen molar-refractivity contribution in [2.24, 2.45) is 20.0 Å². The maximum Gasteiger partial charge on any atom is 0.120 e. The van der Waals surface area contributed by atoms with Crippen molar-refractivity contribution < 1.29 is 101 Å². The molecule has 0 saturated carbocycles. The average Bonchev–Trinajstić information content (AvgIpc) is 1.48. The second kappa shape index (κ2) is 57.3. The largest absolute Gasteiger partial charge is 0.704 e. The summed E-state index contributed by atoms with van der Waals surface area (Å²) in [5, 5.41) is 24.9. The number of allylic oxidation sites excluding steroid dienone is 12. The molecule has 15 aromatic rings. The van der Waals surface area contributed by atoms with Crippen LogP contribution in [-0.4, -0.2) is 91.4 Å². The van der Waals surface area contributed by atoms with Crippen molar-refractivity contribution in [3.05, 3.63) is 558 Å². The summed E-state index contributed by atoms with van der Waals surface area (Å²) < 4.78 is 2.12. The van der Waals surface area contributed by atoms with Gasteiger partial charge < -0.3 is 50.5 Å². The van der Waals surface area contributed by atoms with Gasteiger partial charge in [-0.3, -0.25) is 29.9 Å². The van der Waals surface area contributed by atoms with Gasteiger partial charge in [-0.2, -0.15) is 31.0 Å². The second-order valence-corrected chi connectivity index (χ2v) is 29.1. The van der Waals surface area contributed by atoms with Crippen LogP contribution in [0, 0.1) is 30.3 Å². The van der Waals surface area contributed by atoms with Crippen molar-refractivity contribution in [1.82, 2.24) is 34.3 Å². The van der Waals surface area contributed by atoms with Crippen molar-refractivity contribution in [3.63, 3.8) is 0 Å². The normalized spacial score (nSPS) is 13.4. The SMILES string of the molecule is C1=C[N-]B(c2ccccn2)C=C1.C1=C[N-]B(c2ccccn2)C=C1.C1=C[N-]B(c2ccccn2)C=C1.C1=C[N-]B(c2ccccn2)C=C1.C1=C[N-]B(c2ccccn2)C=C1.[Ir].[Ir].[Ir].[Ir].[Ir].[c-]1cccc2c1c1nccn1c1ccccc21.[c-]1ccccc1C1=NC=CC1.[c-]1ccccc1C1=NC=CC1.[c-]1ccccc1C1=Nc2ccccc2C1.[c-]1ccccc1C1=Nc2ccccc2C1. The Bertz CT molecular complexity index is 6020. The molecule has 0 spiro atoms. The van der Waals surface area contributed by atoms with Gasteiger partial charge in [0.15, 0.2) is 0 Å². The zero-order valence-electron chi connectivity index (χ0n) is 72.5. The van der Waals surface area contributed by atoms with Crippen LogP contribution in [0.25, 0.3) is 53.5 Å².